The van der Waals surface area contributed by atoms with Crippen LogP contribution in [0.4, 0.5) is 0 Å². The second-order valence-electron chi connectivity index (χ2n) is 6.29. The fourth-order valence-electron chi connectivity index (χ4n) is 2.78. The molecule has 0 aromatic heterocycles. The van der Waals surface area contributed by atoms with E-state index in [1.54, 1.807) is 0 Å². The van der Waals surface area contributed by atoms with E-state index in [0.29, 0.717) is 6.10 Å². The highest BCUT2D eigenvalue weighted by Gasteiger charge is 2.30. The van der Waals surface area contributed by atoms with Crippen LogP contribution in [0.1, 0.15) is 27.2 Å². The third-order valence-electron chi connectivity index (χ3n) is 3.87. The van der Waals surface area contributed by atoms with Gasteiger partial charge >= 0.3 is 0 Å². The van der Waals surface area contributed by atoms with Gasteiger partial charge in [-0.2, -0.15) is 0 Å². The van der Waals surface area contributed by atoms with Gasteiger partial charge in [0.15, 0.2) is 0 Å². The summed E-state index contributed by atoms with van der Waals surface area (Å²) in [6, 6.07) is 0.722. The Morgan fingerprint density at radius 2 is 2.00 bits per heavy atom. The van der Waals surface area contributed by atoms with Crippen molar-refractivity contribution in [3.05, 3.63) is 0 Å². The van der Waals surface area contributed by atoms with E-state index in [2.05, 4.69) is 50.0 Å². The molecule has 1 heterocycles. The van der Waals surface area contributed by atoms with Crippen molar-refractivity contribution in [1.29, 1.82) is 0 Å². The van der Waals surface area contributed by atoms with Crippen molar-refractivity contribution >= 4 is 0 Å². The molecule has 0 aliphatic carbocycles. The Morgan fingerprint density at radius 3 is 2.58 bits per heavy atom. The van der Waals surface area contributed by atoms with Crippen LogP contribution in [0.3, 0.4) is 0 Å². The Bertz CT molecular complexity index is 233. The van der Waals surface area contributed by atoms with Gasteiger partial charge in [-0.05, 0) is 46.8 Å². The third-order valence-corrected chi connectivity index (χ3v) is 3.87. The minimum absolute atomic E-state index is 0.356. The van der Waals surface area contributed by atoms with Gasteiger partial charge in [0.25, 0.3) is 0 Å². The first-order chi connectivity index (χ1) is 9.00. The summed E-state index contributed by atoms with van der Waals surface area (Å²) in [5.74, 6) is 0.787. The number of hydrogen-bond acceptors (Lipinski definition) is 4. The first-order valence-electron chi connectivity index (χ1n) is 7.71. The minimum atomic E-state index is 0.356. The normalized spacial score (nSPS) is 24.8. The lowest BCUT2D eigenvalue weighted by Gasteiger charge is -2.22. The average Bonchev–Trinajstić information content (AvgIpc) is 2.69. The van der Waals surface area contributed by atoms with Gasteiger partial charge in [0.05, 0.1) is 6.10 Å². The summed E-state index contributed by atoms with van der Waals surface area (Å²) < 4.78 is 5.52. The Hall–Kier alpha value is -0.160. The van der Waals surface area contributed by atoms with Gasteiger partial charge in [-0.1, -0.05) is 6.92 Å². The summed E-state index contributed by atoms with van der Waals surface area (Å²) >= 11 is 0. The molecule has 1 N–H and O–H groups in total. The van der Waals surface area contributed by atoms with Crippen molar-refractivity contribution in [2.75, 3.05) is 53.4 Å². The Kier molecular flexibility index (Phi) is 7.91. The second-order valence-corrected chi connectivity index (χ2v) is 6.29. The van der Waals surface area contributed by atoms with Crippen LogP contribution < -0.4 is 5.32 Å². The zero-order chi connectivity index (χ0) is 14.3. The highest BCUT2D eigenvalue weighted by Crippen LogP contribution is 2.19. The fraction of sp³-hybridized carbons (Fsp3) is 1.00. The van der Waals surface area contributed by atoms with Gasteiger partial charge in [-0.15, -0.1) is 0 Å². The summed E-state index contributed by atoms with van der Waals surface area (Å²) in [4.78, 5) is 4.94. The van der Waals surface area contributed by atoms with E-state index in [0.717, 1.165) is 38.1 Å². The van der Waals surface area contributed by atoms with Crippen molar-refractivity contribution in [2.24, 2.45) is 5.92 Å². The van der Waals surface area contributed by atoms with Crippen LogP contribution in [0, 0.1) is 5.92 Å². The van der Waals surface area contributed by atoms with Crippen molar-refractivity contribution in [2.45, 2.75) is 39.3 Å². The second kappa shape index (κ2) is 8.90. The summed E-state index contributed by atoms with van der Waals surface area (Å²) in [6.45, 7) is 13.2. The standard InChI is InChI=1S/C15H33N3O/c1-13(2)19-10-6-7-16-8-9-18-11-14(3)15(12-18)17(4)5/h13-16H,6-12H2,1-5H3. The van der Waals surface area contributed by atoms with Gasteiger partial charge in [-0.25, -0.2) is 0 Å². The molecule has 1 aliphatic heterocycles. The Morgan fingerprint density at radius 1 is 1.26 bits per heavy atom. The number of rotatable bonds is 9. The first-order valence-corrected chi connectivity index (χ1v) is 7.71. The molecule has 2 atom stereocenters. The average molecular weight is 271 g/mol. The van der Waals surface area contributed by atoms with E-state index in [4.69, 9.17) is 4.74 Å². The molecule has 0 bridgehead atoms. The van der Waals surface area contributed by atoms with E-state index in [9.17, 15) is 0 Å². The van der Waals surface area contributed by atoms with Crippen LogP contribution in [0.2, 0.25) is 0 Å². The molecule has 0 radical (unpaired) electrons. The van der Waals surface area contributed by atoms with Crippen LogP contribution in [0.5, 0.6) is 0 Å². The number of likely N-dealkylation sites (tertiary alicyclic amines) is 1. The first kappa shape index (κ1) is 16.9. The smallest absolute Gasteiger partial charge is 0.0518 e. The molecule has 1 fully saturated rings. The molecule has 0 spiro atoms. The molecule has 19 heavy (non-hydrogen) atoms. The number of nitrogens with zero attached hydrogens (tertiary/aromatic N) is 2. The largest absolute Gasteiger partial charge is 0.379 e. The van der Waals surface area contributed by atoms with Crippen molar-refractivity contribution in [1.82, 2.24) is 15.1 Å². The molecule has 1 aliphatic rings. The zero-order valence-electron chi connectivity index (χ0n) is 13.5. The number of ether oxygens (including phenoxy) is 1. The highest BCUT2D eigenvalue weighted by molar-refractivity contribution is 4.86. The predicted octanol–water partition coefficient (Wildman–Crippen LogP) is 1.27. The number of likely N-dealkylation sites (N-methyl/N-ethyl adjacent to an activating group) is 1. The molecule has 114 valence electrons. The van der Waals surface area contributed by atoms with Gasteiger partial charge in [-0.3, -0.25) is 0 Å². The summed E-state index contributed by atoms with van der Waals surface area (Å²) in [6.07, 6.45) is 1.46. The van der Waals surface area contributed by atoms with E-state index >= 15 is 0 Å². The van der Waals surface area contributed by atoms with Crippen molar-refractivity contribution < 1.29 is 4.74 Å². The molecule has 2 unspecified atom stereocenters. The molecular weight excluding hydrogens is 238 g/mol. The summed E-state index contributed by atoms with van der Waals surface area (Å²) in [5.41, 5.74) is 0. The maximum Gasteiger partial charge on any atom is 0.0518 e. The van der Waals surface area contributed by atoms with Gasteiger partial charge in [0, 0.05) is 38.8 Å². The van der Waals surface area contributed by atoms with Crippen LogP contribution >= 0.6 is 0 Å². The lowest BCUT2D eigenvalue weighted by Crippen LogP contribution is -2.36. The monoisotopic (exact) mass is 271 g/mol. The molecular formula is C15H33N3O. The number of hydrogen-bond donors (Lipinski definition) is 1. The highest BCUT2D eigenvalue weighted by atomic mass is 16.5. The van der Waals surface area contributed by atoms with Gasteiger partial charge in [0.2, 0.25) is 0 Å². The maximum atomic E-state index is 5.52. The summed E-state index contributed by atoms with van der Waals surface area (Å²) in [5, 5.41) is 3.51. The van der Waals surface area contributed by atoms with Crippen LogP contribution in [0.25, 0.3) is 0 Å². The molecule has 0 aromatic rings. The van der Waals surface area contributed by atoms with Gasteiger partial charge in [0.1, 0.15) is 0 Å². The SMILES string of the molecule is CC(C)OCCCNCCN1CC(C)C(N(C)C)C1. The van der Waals surface area contributed by atoms with Crippen molar-refractivity contribution in [3.63, 3.8) is 0 Å². The van der Waals surface area contributed by atoms with Crippen molar-refractivity contribution in [3.8, 4) is 0 Å². The molecule has 4 heteroatoms. The lowest BCUT2D eigenvalue weighted by molar-refractivity contribution is 0.0770. The Labute approximate surface area is 119 Å². The third kappa shape index (κ3) is 6.70. The lowest BCUT2D eigenvalue weighted by atomic mass is 10.1. The van der Waals surface area contributed by atoms with E-state index < -0.39 is 0 Å². The van der Waals surface area contributed by atoms with Crippen LogP contribution in [-0.2, 0) is 4.74 Å². The number of nitrogens with one attached hydrogen (secondary N) is 1. The van der Waals surface area contributed by atoms with Crippen LogP contribution in [0.15, 0.2) is 0 Å². The quantitative estimate of drug-likeness (QED) is 0.639. The molecule has 1 rings (SSSR count). The van der Waals surface area contributed by atoms with E-state index in [1.807, 2.05) is 0 Å². The van der Waals surface area contributed by atoms with Crippen LogP contribution in [-0.4, -0.2) is 75.4 Å². The fourth-order valence-corrected chi connectivity index (χ4v) is 2.78. The minimum Gasteiger partial charge on any atom is -0.379 e. The topological polar surface area (TPSA) is 27.7 Å². The molecule has 4 nitrogen and oxygen atoms in total. The summed E-state index contributed by atoms with van der Waals surface area (Å²) in [7, 11) is 4.38. The van der Waals surface area contributed by atoms with Gasteiger partial charge < -0.3 is 19.9 Å². The molecule has 0 aromatic carbocycles. The Balaban J connectivity index is 1.99. The predicted molar refractivity (Wildman–Crippen MR) is 81.7 cm³/mol. The zero-order valence-corrected chi connectivity index (χ0v) is 13.5. The molecule has 0 saturated carbocycles. The van der Waals surface area contributed by atoms with E-state index in [1.165, 1.54) is 19.6 Å². The maximum absolute atomic E-state index is 5.52. The van der Waals surface area contributed by atoms with E-state index in [-0.39, 0.29) is 0 Å². The molecule has 0 amide bonds. The molecule has 1 saturated heterocycles.